The summed E-state index contributed by atoms with van der Waals surface area (Å²) >= 11 is 1.60. The molecular weight excluding hydrogens is 1060 g/mol. The van der Waals surface area contributed by atoms with Crippen LogP contribution in [-0.4, -0.2) is 190 Å². The summed E-state index contributed by atoms with van der Waals surface area (Å²) in [6.45, 7) is 20.5. The number of aromatic hydroxyl groups is 1. The summed E-state index contributed by atoms with van der Waals surface area (Å²) in [5.74, 6) is 1.89. The van der Waals surface area contributed by atoms with Gasteiger partial charge in [0.1, 0.15) is 23.3 Å². The summed E-state index contributed by atoms with van der Waals surface area (Å²) in [6.07, 6.45) is 9.28. The number of hydrogen-bond acceptors (Lipinski definition) is 18. The van der Waals surface area contributed by atoms with Crippen molar-refractivity contribution >= 4 is 40.5 Å². The van der Waals surface area contributed by atoms with Crippen molar-refractivity contribution in [2.75, 3.05) is 107 Å². The lowest BCUT2D eigenvalue weighted by molar-refractivity contribution is -0.153. The highest BCUT2D eigenvalue weighted by Gasteiger charge is 2.49. The molecule has 5 N–H and O–H groups in total. The number of rotatable bonds is 17. The quantitative estimate of drug-likeness (QED) is 0.0740. The van der Waals surface area contributed by atoms with E-state index < -0.39 is 18.1 Å². The molecule has 0 radical (unpaired) electrons. The Morgan fingerprint density at radius 3 is 2.27 bits per heavy atom. The zero-order valence-electron chi connectivity index (χ0n) is 48.3. The van der Waals surface area contributed by atoms with E-state index in [1.807, 2.05) is 81.7 Å². The van der Waals surface area contributed by atoms with Gasteiger partial charge in [-0.2, -0.15) is 0 Å². The first-order chi connectivity index (χ1) is 39.7. The van der Waals surface area contributed by atoms with Crippen LogP contribution in [0.4, 0.5) is 17.3 Å². The highest BCUT2D eigenvalue weighted by molar-refractivity contribution is 7.13. The van der Waals surface area contributed by atoms with Gasteiger partial charge in [-0.3, -0.25) is 14.5 Å². The average molecular weight is 1140 g/mol. The number of amides is 2. The van der Waals surface area contributed by atoms with E-state index in [-0.39, 0.29) is 48.1 Å². The molecule has 12 rings (SSSR count). The molecule has 0 unspecified atom stereocenters. The zero-order chi connectivity index (χ0) is 56.6. The second-order valence-corrected chi connectivity index (χ2v) is 26.1. The van der Waals surface area contributed by atoms with E-state index in [1.165, 1.54) is 25.9 Å². The molecule has 2 amide bonds. The number of benzene rings is 2. The molecule has 1 aliphatic carbocycles. The maximum absolute atomic E-state index is 14.4. The van der Waals surface area contributed by atoms with Crippen LogP contribution in [0.2, 0.25) is 0 Å². The monoisotopic (exact) mass is 1140 g/mol. The fourth-order valence-corrected chi connectivity index (χ4v) is 15.1. The van der Waals surface area contributed by atoms with E-state index in [1.54, 1.807) is 28.4 Å². The smallest absolute Gasteiger partial charge is 0.243 e. The third-order valence-electron chi connectivity index (χ3n) is 19.1. The van der Waals surface area contributed by atoms with Crippen molar-refractivity contribution in [2.45, 2.75) is 133 Å². The van der Waals surface area contributed by atoms with E-state index in [2.05, 4.69) is 50.2 Å². The molecule has 0 bridgehead atoms. The van der Waals surface area contributed by atoms with Gasteiger partial charge in [0.15, 0.2) is 17.4 Å². The topological polar surface area (TPSA) is 215 Å². The van der Waals surface area contributed by atoms with Gasteiger partial charge in [-0.1, -0.05) is 55.4 Å². The summed E-state index contributed by atoms with van der Waals surface area (Å²) in [4.78, 5) is 47.8. The Hall–Kier alpha value is -5.74. The van der Waals surface area contributed by atoms with Gasteiger partial charge >= 0.3 is 0 Å². The van der Waals surface area contributed by atoms with Crippen molar-refractivity contribution in [2.24, 2.45) is 17.8 Å². The maximum Gasteiger partial charge on any atom is 0.243 e. The molecule has 1 saturated carbocycles. The number of nitrogen functional groups attached to an aromatic ring is 1. The number of nitrogens with two attached hydrogens (primary N) is 1. The first kappa shape index (κ1) is 56.7. The van der Waals surface area contributed by atoms with Crippen LogP contribution in [0.15, 0.2) is 70.7 Å². The Morgan fingerprint density at radius 1 is 0.841 bits per heavy atom. The van der Waals surface area contributed by atoms with Gasteiger partial charge in [0, 0.05) is 96.1 Å². The summed E-state index contributed by atoms with van der Waals surface area (Å²) in [5, 5.41) is 37.4. The molecule has 5 aromatic rings. The van der Waals surface area contributed by atoms with Gasteiger partial charge in [0.25, 0.3) is 0 Å². The highest BCUT2D eigenvalue weighted by atomic mass is 32.1. The number of carbonyl (C=O) groups excluding carboxylic acids is 2. The minimum Gasteiger partial charge on any atom is -0.507 e. The van der Waals surface area contributed by atoms with Crippen LogP contribution < -0.4 is 20.9 Å². The average Bonchev–Trinajstić information content (AvgIpc) is 4.25. The number of morpholine rings is 1. The van der Waals surface area contributed by atoms with Crippen LogP contribution >= 0.6 is 11.3 Å². The number of aryl methyl sites for hydroxylation is 1. The highest BCUT2D eigenvalue weighted by Crippen LogP contribution is 2.40. The van der Waals surface area contributed by atoms with Crippen LogP contribution in [0.1, 0.15) is 108 Å². The van der Waals surface area contributed by atoms with Gasteiger partial charge in [0.05, 0.1) is 58.4 Å². The number of nitrogens with zero attached hydrogens (tertiary/aromatic N) is 10. The lowest BCUT2D eigenvalue weighted by atomic mass is 9.84. The molecule has 7 fully saturated rings. The first-order valence-corrected chi connectivity index (χ1v) is 31.2. The van der Waals surface area contributed by atoms with Crippen LogP contribution in [0.25, 0.3) is 21.7 Å². The number of phenolic OH excluding ortho intramolecular Hbond substituents is 1. The number of para-hydroxylation sites is 1. The van der Waals surface area contributed by atoms with E-state index in [4.69, 9.17) is 19.7 Å². The van der Waals surface area contributed by atoms with E-state index in [9.17, 15) is 19.8 Å². The predicted octanol–water partition coefficient (Wildman–Crippen LogP) is 6.96. The van der Waals surface area contributed by atoms with Gasteiger partial charge in [-0.05, 0) is 125 Å². The number of ether oxygens (including phenoxy) is 2. The molecule has 20 heteroatoms. The van der Waals surface area contributed by atoms with Gasteiger partial charge in [-0.25, -0.2) is 4.98 Å². The molecule has 3 aromatic heterocycles. The molecule has 7 aliphatic rings. The number of carbonyl (C=O) groups is 2. The number of likely N-dealkylation sites (tertiary alicyclic amines) is 4. The van der Waals surface area contributed by atoms with E-state index in [0.717, 1.165) is 137 Å². The third-order valence-corrected chi connectivity index (χ3v) is 20.1. The summed E-state index contributed by atoms with van der Waals surface area (Å²) in [7, 11) is 0. The Morgan fingerprint density at radius 2 is 1.56 bits per heavy atom. The van der Waals surface area contributed by atoms with Crippen molar-refractivity contribution in [1.29, 1.82) is 0 Å². The molecule has 6 aliphatic heterocycles. The summed E-state index contributed by atoms with van der Waals surface area (Å²) < 4.78 is 19.1. The van der Waals surface area contributed by atoms with Crippen molar-refractivity contribution in [1.82, 2.24) is 45.3 Å². The molecule has 2 aromatic carbocycles. The maximum atomic E-state index is 14.4. The predicted molar refractivity (Wildman–Crippen MR) is 317 cm³/mol. The van der Waals surface area contributed by atoms with Crippen molar-refractivity contribution in [3.05, 3.63) is 83.2 Å². The second kappa shape index (κ2) is 24.5. The third kappa shape index (κ3) is 12.4. The number of nitrogens with one attached hydrogen (secondary N) is 1. The summed E-state index contributed by atoms with van der Waals surface area (Å²) in [6, 6.07) is 18.8. The van der Waals surface area contributed by atoms with Crippen molar-refractivity contribution < 1.29 is 33.8 Å². The van der Waals surface area contributed by atoms with Crippen LogP contribution in [0, 0.1) is 24.7 Å². The number of β-amino-alcohol motifs (C(OH)–C–C–N with tert-alkyl or cyclic N) is 1. The number of anilines is 3. The molecule has 19 nitrogen and oxygen atoms in total. The Labute approximate surface area is 486 Å². The SMILES string of the molecule is Cc1ncsc1-c1ccc([C@H](C)NC(=O)[C@@H]2C[C@@H](O)CN2C(=O)[C@@H](c2cc(N3CCC(CN4CCC(OC5CC(N6CCC(CN7CC8(C7)CN(c7cc(-c9ccccc9O)nnc7N)CCO8)CC6)C5)CC4)CC3)no2)C(C)C)cc1. The lowest BCUT2D eigenvalue weighted by Crippen LogP contribution is -2.70. The molecular formula is C62H84N12O7S. The molecule has 1 spiro atoms. The molecule has 6 saturated heterocycles. The number of aliphatic hydroxyl groups is 1. The number of piperidine rings is 3. The van der Waals surface area contributed by atoms with Crippen molar-refractivity contribution in [3.63, 3.8) is 0 Å². The number of hydrogen-bond donors (Lipinski definition) is 4. The second-order valence-electron chi connectivity index (χ2n) is 25.3. The normalized spacial score (nSPS) is 25.1. The number of aromatic nitrogens is 4. The van der Waals surface area contributed by atoms with Gasteiger partial charge in [-0.15, -0.1) is 21.5 Å². The van der Waals surface area contributed by atoms with Crippen molar-refractivity contribution in [3.8, 4) is 27.4 Å². The summed E-state index contributed by atoms with van der Waals surface area (Å²) in [5.41, 5.74) is 13.1. The Balaban J connectivity index is 0.532. The zero-order valence-corrected chi connectivity index (χ0v) is 49.1. The van der Waals surface area contributed by atoms with E-state index in [0.29, 0.717) is 59.5 Å². The van der Waals surface area contributed by atoms with Crippen LogP contribution in [-0.2, 0) is 19.1 Å². The van der Waals surface area contributed by atoms with Crippen LogP contribution in [0.3, 0.4) is 0 Å². The minimum absolute atomic E-state index is 0.0932. The molecule has 440 valence electrons. The van der Waals surface area contributed by atoms with Crippen LogP contribution in [0.5, 0.6) is 5.75 Å². The Bertz CT molecular complexity index is 2980. The fourth-order valence-electron chi connectivity index (χ4n) is 14.3. The number of phenols is 1. The minimum atomic E-state index is -0.795. The van der Waals surface area contributed by atoms with Gasteiger partial charge < -0.3 is 59.8 Å². The largest absolute Gasteiger partial charge is 0.507 e. The lowest BCUT2D eigenvalue weighted by Gasteiger charge is -2.55. The van der Waals surface area contributed by atoms with E-state index >= 15 is 0 Å². The standard InChI is InChI=1S/C62H84N12O7S/c1-39(2)57(61(78)74-34-47(75)29-53(74)60(77)65-40(3)44-9-11-45(12-10-44)58-41(4)64-38-82-58)55-31-56(68-81-55)72-23-15-42(16-24-72)32-69-19-17-48(18-20-69)80-49-27-46(28-49)71-21-13-43(14-22-71)33-70-35-62(36-70)37-73(25-26-79-62)52-30-51(66-67-59(52)63)50-7-5-6-8-54(50)76/h5-12,30-31,38-40,42-43,46-49,53,57,75-76H,13-29,32-37H2,1-4H3,(H2,63,67)(H,65,77)/t40-,46?,47+,49?,53-,57+/m0/s1. The molecule has 4 atom stereocenters. The Kier molecular flexibility index (Phi) is 16.9. The van der Waals surface area contributed by atoms with Gasteiger partial charge in [0.2, 0.25) is 11.8 Å². The first-order valence-electron chi connectivity index (χ1n) is 30.4. The molecule has 9 heterocycles. The fraction of sp³-hybridized carbons (Fsp3) is 0.613. The number of aliphatic hydroxyl groups excluding tert-OH is 1. The molecule has 82 heavy (non-hydrogen) atoms. The number of thiazole rings is 1.